The molecule has 2 heterocycles. The maximum Gasteiger partial charge on any atom is 0.326 e. The maximum absolute atomic E-state index is 12.0. The van der Waals surface area contributed by atoms with Gasteiger partial charge in [0.25, 0.3) is 0 Å². The first-order valence-electron chi connectivity index (χ1n) is 17.7. The van der Waals surface area contributed by atoms with Gasteiger partial charge in [0.15, 0.2) is 0 Å². The van der Waals surface area contributed by atoms with Crippen molar-refractivity contribution >= 4 is 17.6 Å². The largest absolute Gasteiger partial charge is 0.496 e. The number of methoxy groups -OCH3 is 1. The summed E-state index contributed by atoms with van der Waals surface area (Å²) in [4.78, 5) is 19.9. The molecule has 13 heteroatoms. The lowest BCUT2D eigenvalue weighted by molar-refractivity contribution is -0.152. The zero-order valence-electron chi connectivity index (χ0n) is 31.0. The van der Waals surface area contributed by atoms with Gasteiger partial charge in [0.1, 0.15) is 47.8 Å². The number of aliphatic hydroxyl groups is 2. The standard InChI is InChI=1S/C41H47ClN4O8/c1-27-33(9-6-11-36(27)52-15-7-13-46-14-12-32(48)23-46)34-10-5-8-30(39(34)51-4)25-54-38-18-37(53-24-29-16-28(19-43)20-44-21-29)31(17-35(38)42)22-45(3)41(2,26-47)40(49)50/h5-6,8-11,16-18,20-21,32,47-48H,7,12-15,22-26H2,1-4H3,(H,49,50)/t32-,41-/m1/s1. The molecule has 0 spiro atoms. The number of benzene rings is 3. The fourth-order valence-corrected chi connectivity index (χ4v) is 6.61. The third kappa shape index (κ3) is 9.60. The van der Waals surface area contributed by atoms with Crippen molar-refractivity contribution in [1.82, 2.24) is 14.8 Å². The Morgan fingerprint density at radius 1 is 1.06 bits per heavy atom. The number of halogens is 1. The number of nitriles is 1. The van der Waals surface area contributed by atoms with Gasteiger partial charge >= 0.3 is 5.97 Å². The van der Waals surface area contributed by atoms with Crippen LogP contribution >= 0.6 is 11.6 Å². The molecule has 2 atom stereocenters. The molecule has 286 valence electrons. The van der Waals surface area contributed by atoms with Gasteiger partial charge in [-0.05, 0) is 63.1 Å². The molecule has 0 saturated carbocycles. The predicted molar refractivity (Wildman–Crippen MR) is 204 cm³/mol. The number of rotatable bonds is 18. The minimum atomic E-state index is -1.56. The van der Waals surface area contributed by atoms with Crippen LogP contribution in [0.2, 0.25) is 5.02 Å². The van der Waals surface area contributed by atoms with Crippen LogP contribution in [0.1, 0.15) is 47.6 Å². The normalized spacial score (nSPS) is 15.4. The molecular formula is C41H47ClN4O8. The number of aliphatic carboxylic acids is 1. The molecule has 1 aliphatic heterocycles. The number of pyridine rings is 1. The molecule has 3 N–H and O–H groups in total. The molecule has 1 saturated heterocycles. The number of carboxylic acids is 1. The lowest BCUT2D eigenvalue weighted by atomic mass is 9.97. The second-order valence-corrected chi connectivity index (χ2v) is 14.0. The van der Waals surface area contributed by atoms with Crippen molar-refractivity contribution in [2.45, 2.75) is 58.1 Å². The van der Waals surface area contributed by atoms with Crippen molar-refractivity contribution in [3.8, 4) is 40.2 Å². The van der Waals surface area contributed by atoms with E-state index in [0.717, 1.165) is 60.5 Å². The molecule has 0 radical (unpaired) electrons. The lowest BCUT2D eigenvalue weighted by Crippen LogP contribution is -2.52. The molecule has 0 amide bonds. The second-order valence-electron chi connectivity index (χ2n) is 13.6. The highest BCUT2D eigenvalue weighted by atomic mass is 35.5. The monoisotopic (exact) mass is 758 g/mol. The van der Waals surface area contributed by atoms with Gasteiger partial charge in [-0.1, -0.05) is 41.9 Å². The lowest BCUT2D eigenvalue weighted by Gasteiger charge is -2.33. The number of aliphatic hydroxyl groups excluding tert-OH is 2. The maximum atomic E-state index is 12.0. The quantitative estimate of drug-likeness (QED) is 0.104. The fourth-order valence-electron chi connectivity index (χ4n) is 6.37. The number of likely N-dealkylation sites (N-methyl/N-ethyl adjacent to an activating group) is 1. The minimum Gasteiger partial charge on any atom is -0.496 e. The van der Waals surface area contributed by atoms with Crippen molar-refractivity contribution in [3.05, 3.63) is 99.8 Å². The number of aromatic nitrogens is 1. The minimum absolute atomic E-state index is 0.0665. The molecular weight excluding hydrogens is 712 g/mol. The van der Waals surface area contributed by atoms with Gasteiger partial charge in [-0.3, -0.25) is 14.7 Å². The summed E-state index contributed by atoms with van der Waals surface area (Å²) in [5.74, 6) is 0.952. The summed E-state index contributed by atoms with van der Waals surface area (Å²) in [6.45, 7) is 6.17. The van der Waals surface area contributed by atoms with Crippen molar-refractivity contribution in [1.29, 1.82) is 5.26 Å². The SMILES string of the molecule is COc1c(COc2cc(OCc3cncc(C#N)c3)c(CN(C)[C@](C)(CO)C(=O)O)cc2Cl)cccc1-c1cccc(OCCCN2CC[C@@H](O)C2)c1C. The summed E-state index contributed by atoms with van der Waals surface area (Å²) < 4.78 is 24.7. The third-order valence-electron chi connectivity index (χ3n) is 9.83. The first-order valence-corrected chi connectivity index (χ1v) is 18.1. The summed E-state index contributed by atoms with van der Waals surface area (Å²) in [7, 11) is 3.21. The van der Waals surface area contributed by atoms with Crippen LogP contribution in [0.25, 0.3) is 11.1 Å². The summed E-state index contributed by atoms with van der Waals surface area (Å²) >= 11 is 6.78. The Kier molecular flexibility index (Phi) is 13.7. The van der Waals surface area contributed by atoms with E-state index >= 15 is 0 Å². The summed E-state index contributed by atoms with van der Waals surface area (Å²) in [6, 6.07) is 18.8. The average Bonchev–Trinajstić information content (AvgIpc) is 3.60. The number of ether oxygens (including phenoxy) is 4. The fraction of sp³-hybridized carbons (Fsp3) is 0.390. The third-order valence-corrected chi connectivity index (χ3v) is 10.1. The topological polar surface area (TPSA) is 158 Å². The van der Waals surface area contributed by atoms with Crippen molar-refractivity contribution < 1.29 is 39.1 Å². The Morgan fingerprint density at radius 3 is 2.52 bits per heavy atom. The van der Waals surface area contributed by atoms with Crippen LogP contribution in [0.3, 0.4) is 0 Å². The number of nitrogens with zero attached hydrogens (tertiary/aromatic N) is 4. The van der Waals surface area contributed by atoms with E-state index < -0.39 is 18.1 Å². The zero-order chi connectivity index (χ0) is 38.8. The number of likely N-dealkylation sites (tertiary alicyclic amines) is 1. The smallest absolute Gasteiger partial charge is 0.326 e. The Bertz CT molecular complexity index is 1970. The number of hydrogen-bond acceptors (Lipinski definition) is 11. The molecule has 1 aliphatic rings. The number of β-amino-alcohol motifs (C(OH)–C–C–N with tert-alkyl or cyclic N) is 1. The van der Waals surface area contributed by atoms with Crippen molar-refractivity contribution in [2.75, 3.05) is 47.0 Å². The van der Waals surface area contributed by atoms with E-state index in [4.69, 9.17) is 30.5 Å². The van der Waals surface area contributed by atoms with E-state index in [0.29, 0.717) is 40.5 Å². The van der Waals surface area contributed by atoms with Crippen LogP contribution in [-0.2, 0) is 24.6 Å². The van der Waals surface area contributed by atoms with Crippen LogP contribution in [0.15, 0.2) is 67.0 Å². The van der Waals surface area contributed by atoms with Gasteiger partial charge in [0, 0.05) is 66.9 Å². The van der Waals surface area contributed by atoms with Crippen LogP contribution in [0, 0.1) is 18.3 Å². The average molecular weight is 759 g/mol. The van der Waals surface area contributed by atoms with Crippen molar-refractivity contribution in [2.24, 2.45) is 0 Å². The molecule has 1 aromatic heterocycles. The summed E-state index contributed by atoms with van der Waals surface area (Å²) in [5, 5.41) is 39.2. The Hall–Kier alpha value is -4.90. The highest BCUT2D eigenvalue weighted by Crippen LogP contribution is 2.40. The van der Waals surface area contributed by atoms with Gasteiger partial charge < -0.3 is 39.2 Å². The second kappa shape index (κ2) is 18.4. The number of carboxylic acid groups (broad SMARTS) is 1. The van der Waals surface area contributed by atoms with Crippen LogP contribution in [-0.4, -0.2) is 94.7 Å². The number of hydrogen-bond donors (Lipinski definition) is 3. The highest BCUT2D eigenvalue weighted by Gasteiger charge is 2.37. The first kappa shape index (κ1) is 40.3. The van der Waals surface area contributed by atoms with E-state index in [1.54, 1.807) is 38.6 Å². The Balaban J connectivity index is 1.36. The van der Waals surface area contributed by atoms with Crippen LogP contribution < -0.4 is 18.9 Å². The number of carbonyl (C=O) groups is 1. The molecule has 0 bridgehead atoms. The molecule has 0 aliphatic carbocycles. The zero-order valence-corrected chi connectivity index (χ0v) is 31.8. The Labute approximate surface area is 321 Å². The molecule has 3 aromatic carbocycles. The highest BCUT2D eigenvalue weighted by molar-refractivity contribution is 6.32. The molecule has 1 fully saturated rings. The van der Waals surface area contributed by atoms with E-state index in [9.17, 15) is 25.4 Å². The van der Waals surface area contributed by atoms with Gasteiger partial charge in [-0.15, -0.1) is 0 Å². The predicted octanol–water partition coefficient (Wildman–Crippen LogP) is 5.85. The van der Waals surface area contributed by atoms with E-state index in [1.165, 1.54) is 18.0 Å². The first-order chi connectivity index (χ1) is 26.0. The van der Waals surface area contributed by atoms with Gasteiger partial charge in [0.2, 0.25) is 0 Å². The summed E-state index contributed by atoms with van der Waals surface area (Å²) in [6.07, 6.45) is 4.50. The molecule has 54 heavy (non-hydrogen) atoms. The van der Waals surface area contributed by atoms with Gasteiger partial charge in [0.05, 0.1) is 37.0 Å². The number of para-hydroxylation sites is 1. The summed E-state index contributed by atoms with van der Waals surface area (Å²) in [5.41, 5.74) is 3.63. The van der Waals surface area contributed by atoms with Crippen LogP contribution in [0.4, 0.5) is 0 Å². The Morgan fingerprint density at radius 2 is 1.81 bits per heavy atom. The van der Waals surface area contributed by atoms with E-state index in [-0.39, 0.29) is 30.9 Å². The molecule has 5 rings (SSSR count). The van der Waals surface area contributed by atoms with Gasteiger partial charge in [-0.25, -0.2) is 0 Å². The van der Waals surface area contributed by atoms with E-state index in [2.05, 4.69) is 16.0 Å². The van der Waals surface area contributed by atoms with E-state index in [1.807, 2.05) is 43.3 Å². The van der Waals surface area contributed by atoms with Crippen molar-refractivity contribution in [3.63, 3.8) is 0 Å². The van der Waals surface area contributed by atoms with Crippen LogP contribution in [0.5, 0.6) is 23.0 Å². The molecule has 4 aromatic rings. The molecule has 12 nitrogen and oxygen atoms in total. The molecule has 0 unspecified atom stereocenters. The van der Waals surface area contributed by atoms with Gasteiger partial charge in [-0.2, -0.15) is 5.26 Å².